The van der Waals surface area contributed by atoms with Crippen LogP contribution in [0.25, 0.3) is 0 Å². The molecule has 0 aliphatic heterocycles. The summed E-state index contributed by atoms with van der Waals surface area (Å²) < 4.78 is 0. The Morgan fingerprint density at radius 3 is 1.00 bits per heavy atom. The van der Waals surface area contributed by atoms with Gasteiger partial charge >= 0.3 is 0 Å². The van der Waals surface area contributed by atoms with E-state index in [-0.39, 0.29) is 75.9 Å². The molecule has 0 saturated heterocycles. The van der Waals surface area contributed by atoms with Crippen LogP contribution in [0.2, 0.25) is 0 Å². The lowest BCUT2D eigenvalue weighted by atomic mass is 9.96. The Hall–Kier alpha value is -1.87. The highest BCUT2D eigenvalue weighted by Gasteiger charge is 2.33. The van der Waals surface area contributed by atoms with Crippen LogP contribution in [0, 0.1) is 0 Å². The van der Waals surface area contributed by atoms with Crippen molar-refractivity contribution in [1.29, 1.82) is 0 Å². The van der Waals surface area contributed by atoms with Gasteiger partial charge in [-0.1, -0.05) is 0 Å². The molecule has 40 heavy (non-hydrogen) atoms. The van der Waals surface area contributed by atoms with Crippen LogP contribution in [0.4, 0.5) is 0 Å². The molecule has 0 radical (unpaired) electrons. The van der Waals surface area contributed by atoms with Crippen LogP contribution >= 0.6 is 0 Å². The van der Waals surface area contributed by atoms with E-state index in [1.165, 1.54) is 0 Å². The van der Waals surface area contributed by atoms with E-state index in [1.807, 2.05) is 41.5 Å². The molecule has 0 bridgehead atoms. The van der Waals surface area contributed by atoms with Crippen molar-refractivity contribution in [2.75, 3.05) is 39.3 Å². The van der Waals surface area contributed by atoms with Gasteiger partial charge in [0.15, 0.2) is 0 Å². The molecule has 13 nitrogen and oxygen atoms in total. The number of aliphatic hydroxyl groups is 3. The number of nitrogens with zero attached hydrogens (tertiary/aromatic N) is 1. The Morgan fingerprint density at radius 2 is 0.800 bits per heavy atom. The molecular weight excluding hydrogens is 518 g/mol. The van der Waals surface area contributed by atoms with E-state index in [0.29, 0.717) is 19.6 Å². The zero-order valence-corrected chi connectivity index (χ0v) is 25.5. The third kappa shape index (κ3) is 18.5. The molecule has 0 aromatic heterocycles. The number of rotatable bonds is 21. The van der Waals surface area contributed by atoms with Crippen molar-refractivity contribution in [3.8, 4) is 0 Å². The molecule has 0 aromatic carbocycles. The molecule has 0 aromatic rings. The van der Waals surface area contributed by atoms with Crippen LogP contribution in [0.3, 0.4) is 0 Å². The molecule has 236 valence electrons. The van der Waals surface area contributed by atoms with Crippen molar-refractivity contribution in [3.05, 3.63) is 0 Å². The number of hydrogen-bond acceptors (Lipinski definition) is 10. The second kappa shape index (κ2) is 17.8. The smallest absolute Gasteiger partial charge is 0.220 e. The first-order valence-corrected chi connectivity index (χ1v) is 14.1. The number of carbonyl (C=O) groups excluding carboxylic acids is 3. The Morgan fingerprint density at radius 1 is 0.575 bits per heavy atom. The summed E-state index contributed by atoms with van der Waals surface area (Å²) >= 11 is 0. The fourth-order valence-corrected chi connectivity index (χ4v) is 4.53. The Balaban J connectivity index is 5.56. The minimum Gasteiger partial charge on any atom is -0.392 e. The molecular formula is C27H57N7O6. The maximum atomic E-state index is 12.6. The van der Waals surface area contributed by atoms with Gasteiger partial charge in [-0.05, 0) is 60.8 Å². The zero-order valence-electron chi connectivity index (χ0n) is 25.5. The summed E-state index contributed by atoms with van der Waals surface area (Å²) in [7, 11) is 0. The quantitative estimate of drug-likeness (QED) is 0.0751. The van der Waals surface area contributed by atoms with Gasteiger partial charge in [-0.15, -0.1) is 0 Å². The van der Waals surface area contributed by atoms with E-state index in [9.17, 15) is 29.7 Å². The minimum atomic E-state index is -0.740. The molecule has 0 aliphatic rings. The topological polar surface area (TPSA) is 229 Å². The highest BCUT2D eigenvalue weighted by Crippen LogP contribution is 2.17. The van der Waals surface area contributed by atoms with Gasteiger partial charge in [-0.3, -0.25) is 19.3 Å². The van der Waals surface area contributed by atoms with Crippen LogP contribution in [0.15, 0.2) is 0 Å². The molecule has 3 atom stereocenters. The van der Waals surface area contributed by atoms with Gasteiger partial charge in [0.2, 0.25) is 17.7 Å². The average molecular weight is 576 g/mol. The Kier molecular flexibility index (Phi) is 17.0. The van der Waals surface area contributed by atoms with Gasteiger partial charge in [0, 0.05) is 75.1 Å². The summed E-state index contributed by atoms with van der Waals surface area (Å²) in [6.45, 7) is 12.8. The van der Waals surface area contributed by atoms with Crippen LogP contribution in [-0.2, 0) is 14.4 Å². The lowest BCUT2D eigenvalue weighted by molar-refractivity contribution is -0.123. The molecule has 12 N–H and O–H groups in total. The van der Waals surface area contributed by atoms with Crippen molar-refractivity contribution < 1.29 is 29.7 Å². The monoisotopic (exact) mass is 575 g/mol. The average Bonchev–Trinajstić information content (AvgIpc) is 2.82. The van der Waals surface area contributed by atoms with Gasteiger partial charge in [-0.2, -0.15) is 0 Å². The summed E-state index contributed by atoms with van der Waals surface area (Å²) in [6, 6.07) is 0. The largest absolute Gasteiger partial charge is 0.392 e. The summed E-state index contributed by atoms with van der Waals surface area (Å²) in [6.07, 6.45) is -1.03. The van der Waals surface area contributed by atoms with Gasteiger partial charge in [0.05, 0.1) is 18.3 Å². The number of amides is 3. The number of hydrogen-bond donors (Lipinski definition) is 9. The first-order valence-electron chi connectivity index (χ1n) is 14.1. The first-order chi connectivity index (χ1) is 18.3. The lowest BCUT2D eigenvalue weighted by Gasteiger charge is -2.42. The van der Waals surface area contributed by atoms with E-state index in [2.05, 4.69) is 20.9 Å². The fourth-order valence-electron chi connectivity index (χ4n) is 4.53. The summed E-state index contributed by atoms with van der Waals surface area (Å²) in [5, 5.41) is 38.1. The normalized spacial score (nSPS) is 14.9. The third-order valence-electron chi connectivity index (χ3n) is 6.22. The molecule has 13 heteroatoms. The summed E-state index contributed by atoms with van der Waals surface area (Å²) in [5.41, 5.74) is 14.3. The highest BCUT2D eigenvalue weighted by atomic mass is 16.3. The Labute approximate surface area is 240 Å². The second-order valence-electron chi connectivity index (χ2n) is 12.7. The number of carbonyl (C=O) groups is 3. The van der Waals surface area contributed by atoms with E-state index in [0.717, 1.165) is 0 Å². The predicted octanol–water partition coefficient (Wildman–Crippen LogP) is -1.73. The molecule has 0 saturated carbocycles. The minimum absolute atomic E-state index is 0.0857. The van der Waals surface area contributed by atoms with Crippen molar-refractivity contribution >= 4 is 17.7 Å². The lowest BCUT2D eigenvalue weighted by Crippen LogP contribution is -2.61. The fraction of sp³-hybridized carbons (Fsp3) is 0.889. The van der Waals surface area contributed by atoms with Crippen molar-refractivity contribution in [3.63, 3.8) is 0 Å². The summed E-state index contributed by atoms with van der Waals surface area (Å²) in [5.74, 6) is -0.640. The van der Waals surface area contributed by atoms with E-state index in [4.69, 9.17) is 17.2 Å². The summed E-state index contributed by atoms with van der Waals surface area (Å²) in [4.78, 5) is 39.8. The molecule has 3 amide bonds. The van der Waals surface area contributed by atoms with Crippen LogP contribution in [0.5, 0.6) is 0 Å². The van der Waals surface area contributed by atoms with Crippen LogP contribution in [0.1, 0.15) is 80.1 Å². The van der Waals surface area contributed by atoms with Gasteiger partial charge in [-0.25, -0.2) is 0 Å². The van der Waals surface area contributed by atoms with Gasteiger partial charge < -0.3 is 48.5 Å². The van der Waals surface area contributed by atoms with Crippen LogP contribution < -0.4 is 33.2 Å². The third-order valence-corrected chi connectivity index (χ3v) is 6.22. The number of nitrogens with two attached hydrogens (primary N) is 3. The zero-order chi connectivity index (χ0) is 31.1. The van der Waals surface area contributed by atoms with Gasteiger partial charge in [0.25, 0.3) is 0 Å². The number of nitrogens with one attached hydrogen (secondary N) is 3. The van der Waals surface area contributed by atoms with E-state index >= 15 is 0 Å². The molecule has 2 unspecified atom stereocenters. The number of aliphatic hydroxyl groups excluding tert-OH is 3. The molecule has 0 spiro atoms. The SMILES string of the molecule is CC(C)(CN(CC(C)(C)NC(=O)CCC(O)CN)CC(C)(C)NC(=O)CC[C@@H](O)CN)NC(=O)CCC(O)CN. The Bertz CT molecular complexity index is 679. The molecule has 0 aliphatic carbocycles. The maximum Gasteiger partial charge on any atom is 0.220 e. The predicted molar refractivity (Wildman–Crippen MR) is 156 cm³/mol. The molecule has 0 fully saturated rings. The highest BCUT2D eigenvalue weighted by molar-refractivity contribution is 5.77. The first kappa shape index (κ1) is 38.1. The van der Waals surface area contributed by atoms with Crippen molar-refractivity contribution in [2.24, 2.45) is 17.2 Å². The molecule has 0 rings (SSSR count). The van der Waals surface area contributed by atoms with E-state index in [1.54, 1.807) is 0 Å². The van der Waals surface area contributed by atoms with Crippen molar-refractivity contribution in [1.82, 2.24) is 20.9 Å². The maximum absolute atomic E-state index is 12.6. The van der Waals surface area contributed by atoms with Crippen LogP contribution in [-0.4, -0.2) is 112 Å². The van der Waals surface area contributed by atoms with Crippen molar-refractivity contribution in [2.45, 2.75) is 115 Å². The second-order valence-corrected chi connectivity index (χ2v) is 12.7. The van der Waals surface area contributed by atoms with E-state index < -0.39 is 34.9 Å². The standard InChI is InChI=1S/C27H57N7O6/c1-25(2,31-22(38)10-7-19(35)13-28)16-34(17-26(3,4)32-23(39)11-8-20(36)14-29)18-27(5,6)33-24(40)12-9-21(37)15-30/h19-21,35-37H,7-18,28-30H2,1-6H3,(H,31,38)(H,32,39)(H,33,40)/t19-,20?,21?/m1/s1. The molecule has 0 heterocycles. The van der Waals surface area contributed by atoms with Gasteiger partial charge in [0.1, 0.15) is 0 Å².